The van der Waals surface area contributed by atoms with Gasteiger partial charge in [-0.05, 0) is 18.2 Å². The molecule has 2 aromatic rings. The van der Waals surface area contributed by atoms with Crippen LogP contribution >= 0.6 is 0 Å². The summed E-state index contributed by atoms with van der Waals surface area (Å²) < 4.78 is 0. The second-order valence-electron chi connectivity index (χ2n) is 3.87. The summed E-state index contributed by atoms with van der Waals surface area (Å²) in [5.41, 5.74) is 1.49. The highest BCUT2D eigenvalue weighted by Gasteiger charge is 2.00. The van der Waals surface area contributed by atoms with Gasteiger partial charge in [0.15, 0.2) is 0 Å². The van der Waals surface area contributed by atoms with Crippen LogP contribution in [0.1, 0.15) is 5.69 Å². The van der Waals surface area contributed by atoms with Crippen molar-refractivity contribution in [3.05, 3.63) is 48.2 Å². The molecular formula is C14H12N2O3. The fraction of sp³-hybridized carbons (Fsp3) is 0.0714. The summed E-state index contributed by atoms with van der Waals surface area (Å²) in [6, 6.07) is 11.4. The van der Waals surface area contributed by atoms with Crippen LogP contribution in [0.15, 0.2) is 42.5 Å². The number of nitrogens with zero attached hydrogens (tertiary/aromatic N) is 1. The van der Waals surface area contributed by atoms with E-state index in [1.54, 1.807) is 12.1 Å². The zero-order valence-electron chi connectivity index (χ0n) is 10.0. The highest BCUT2D eigenvalue weighted by Crippen LogP contribution is 2.12. The van der Waals surface area contributed by atoms with Gasteiger partial charge in [-0.15, -0.1) is 0 Å². The molecule has 19 heavy (non-hydrogen) atoms. The van der Waals surface area contributed by atoms with E-state index in [0.29, 0.717) is 5.69 Å². The molecule has 2 rings (SSSR count). The highest BCUT2D eigenvalue weighted by molar-refractivity contribution is 5.93. The Morgan fingerprint density at radius 1 is 1.21 bits per heavy atom. The van der Waals surface area contributed by atoms with E-state index in [1.165, 1.54) is 6.08 Å². The number of amides is 1. The first-order valence-electron chi connectivity index (χ1n) is 5.68. The predicted octanol–water partition coefficient (Wildman–Crippen LogP) is 1.45. The van der Waals surface area contributed by atoms with E-state index in [4.69, 9.17) is 5.11 Å². The molecule has 0 saturated carbocycles. The van der Waals surface area contributed by atoms with Crippen LogP contribution in [0.2, 0.25) is 0 Å². The summed E-state index contributed by atoms with van der Waals surface area (Å²) in [6.45, 7) is -0.395. The van der Waals surface area contributed by atoms with E-state index in [2.05, 4.69) is 10.3 Å². The van der Waals surface area contributed by atoms with Gasteiger partial charge in [0.2, 0.25) is 5.91 Å². The molecule has 0 bridgehead atoms. The van der Waals surface area contributed by atoms with Crippen molar-refractivity contribution in [2.75, 3.05) is 6.54 Å². The van der Waals surface area contributed by atoms with Gasteiger partial charge in [-0.1, -0.05) is 24.3 Å². The summed E-state index contributed by atoms with van der Waals surface area (Å²) in [5, 5.41) is 11.7. The SMILES string of the molecule is O=C(O)CNC(=O)/C=C/c1ccc2ccccc2n1. The maximum atomic E-state index is 11.3. The van der Waals surface area contributed by atoms with Gasteiger partial charge in [0.1, 0.15) is 6.54 Å². The molecule has 0 atom stereocenters. The first-order chi connectivity index (χ1) is 9.15. The number of aliphatic carboxylic acids is 1. The second-order valence-corrected chi connectivity index (χ2v) is 3.87. The van der Waals surface area contributed by atoms with Crippen LogP contribution in [0.3, 0.4) is 0 Å². The lowest BCUT2D eigenvalue weighted by Crippen LogP contribution is -2.27. The fourth-order valence-electron chi connectivity index (χ4n) is 1.56. The van der Waals surface area contributed by atoms with E-state index in [9.17, 15) is 9.59 Å². The molecule has 1 heterocycles. The van der Waals surface area contributed by atoms with E-state index >= 15 is 0 Å². The molecule has 1 aromatic carbocycles. The minimum absolute atomic E-state index is 0.395. The number of carboxylic acid groups (broad SMARTS) is 1. The molecule has 96 valence electrons. The number of rotatable bonds is 4. The molecule has 1 amide bonds. The quantitative estimate of drug-likeness (QED) is 0.811. The van der Waals surface area contributed by atoms with Gasteiger partial charge in [-0.2, -0.15) is 0 Å². The van der Waals surface area contributed by atoms with Gasteiger partial charge >= 0.3 is 5.97 Å². The Labute approximate surface area is 109 Å². The monoisotopic (exact) mass is 256 g/mol. The number of carbonyl (C=O) groups is 2. The van der Waals surface area contributed by atoms with Crippen LogP contribution in [-0.2, 0) is 9.59 Å². The standard InChI is InChI=1S/C14H12N2O3/c17-13(15-9-14(18)19)8-7-11-6-5-10-3-1-2-4-12(10)16-11/h1-8H,9H2,(H,15,17)(H,18,19)/b8-7+. The van der Waals surface area contributed by atoms with Gasteiger partial charge < -0.3 is 10.4 Å². The van der Waals surface area contributed by atoms with E-state index < -0.39 is 18.4 Å². The lowest BCUT2D eigenvalue weighted by Gasteiger charge is -1.99. The number of benzene rings is 1. The number of aromatic nitrogens is 1. The maximum absolute atomic E-state index is 11.3. The van der Waals surface area contributed by atoms with E-state index in [0.717, 1.165) is 10.9 Å². The normalized spacial score (nSPS) is 10.7. The van der Waals surface area contributed by atoms with Crippen LogP contribution in [0.25, 0.3) is 17.0 Å². The third-order valence-electron chi connectivity index (χ3n) is 2.44. The summed E-state index contributed by atoms with van der Waals surface area (Å²) in [5.74, 6) is -1.54. The molecule has 0 spiro atoms. The van der Waals surface area contributed by atoms with Crippen molar-refractivity contribution in [3.63, 3.8) is 0 Å². The molecule has 0 unspecified atom stereocenters. The van der Waals surface area contributed by atoms with Crippen molar-refractivity contribution in [2.45, 2.75) is 0 Å². The van der Waals surface area contributed by atoms with Crippen molar-refractivity contribution < 1.29 is 14.7 Å². The summed E-state index contributed by atoms with van der Waals surface area (Å²) in [4.78, 5) is 25.9. The molecule has 0 aliphatic carbocycles. The summed E-state index contributed by atoms with van der Waals surface area (Å²) in [6.07, 6.45) is 2.81. The average molecular weight is 256 g/mol. The van der Waals surface area contributed by atoms with Crippen LogP contribution in [0.5, 0.6) is 0 Å². The molecule has 0 fully saturated rings. The van der Waals surface area contributed by atoms with Crippen molar-refractivity contribution in [1.29, 1.82) is 0 Å². The topological polar surface area (TPSA) is 79.3 Å². The molecule has 0 radical (unpaired) electrons. The lowest BCUT2D eigenvalue weighted by atomic mass is 10.2. The number of fused-ring (bicyclic) bond motifs is 1. The first kappa shape index (κ1) is 12.8. The number of hydrogen-bond acceptors (Lipinski definition) is 3. The van der Waals surface area contributed by atoms with E-state index in [-0.39, 0.29) is 0 Å². The van der Waals surface area contributed by atoms with Crippen LogP contribution < -0.4 is 5.32 Å². The Bertz CT molecular complexity index is 650. The minimum atomic E-state index is -1.08. The van der Waals surface area contributed by atoms with Gasteiger partial charge in [0.05, 0.1) is 11.2 Å². The van der Waals surface area contributed by atoms with Crippen LogP contribution in [0, 0.1) is 0 Å². The number of nitrogens with one attached hydrogen (secondary N) is 1. The Balaban J connectivity index is 2.08. The minimum Gasteiger partial charge on any atom is -0.480 e. The Morgan fingerprint density at radius 3 is 2.79 bits per heavy atom. The Morgan fingerprint density at radius 2 is 2.00 bits per heavy atom. The smallest absolute Gasteiger partial charge is 0.322 e. The summed E-state index contributed by atoms with van der Waals surface area (Å²) in [7, 11) is 0. The van der Waals surface area contributed by atoms with Gasteiger partial charge in [-0.3, -0.25) is 9.59 Å². The first-order valence-corrected chi connectivity index (χ1v) is 5.68. The predicted molar refractivity (Wildman–Crippen MR) is 71.4 cm³/mol. The second kappa shape index (κ2) is 5.77. The van der Waals surface area contributed by atoms with Crippen molar-refractivity contribution in [1.82, 2.24) is 10.3 Å². The fourth-order valence-corrected chi connectivity index (χ4v) is 1.56. The van der Waals surface area contributed by atoms with Crippen molar-refractivity contribution >= 4 is 28.9 Å². The average Bonchev–Trinajstić information content (AvgIpc) is 2.42. The van der Waals surface area contributed by atoms with Gasteiger partial charge in [-0.25, -0.2) is 4.98 Å². The van der Waals surface area contributed by atoms with Crippen LogP contribution in [0.4, 0.5) is 0 Å². The number of carbonyl (C=O) groups excluding carboxylic acids is 1. The summed E-state index contributed by atoms with van der Waals surface area (Å²) >= 11 is 0. The van der Waals surface area contributed by atoms with E-state index in [1.807, 2.05) is 30.3 Å². The number of carboxylic acids is 1. The maximum Gasteiger partial charge on any atom is 0.322 e. The highest BCUT2D eigenvalue weighted by atomic mass is 16.4. The molecule has 2 N–H and O–H groups in total. The van der Waals surface area contributed by atoms with Gasteiger partial charge in [0.25, 0.3) is 0 Å². The zero-order chi connectivity index (χ0) is 13.7. The largest absolute Gasteiger partial charge is 0.480 e. The van der Waals surface area contributed by atoms with Crippen LogP contribution in [-0.4, -0.2) is 28.5 Å². The zero-order valence-corrected chi connectivity index (χ0v) is 10.0. The number of hydrogen-bond donors (Lipinski definition) is 2. The molecule has 5 heteroatoms. The van der Waals surface area contributed by atoms with Crippen molar-refractivity contribution in [3.8, 4) is 0 Å². The molecule has 0 aliphatic heterocycles. The Kier molecular flexibility index (Phi) is 3.87. The third kappa shape index (κ3) is 3.64. The third-order valence-corrected chi connectivity index (χ3v) is 2.44. The number of pyridine rings is 1. The molecule has 1 aromatic heterocycles. The van der Waals surface area contributed by atoms with Gasteiger partial charge in [0, 0.05) is 11.5 Å². The Hall–Kier alpha value is -2.69. The van der Waals surface area contributed by atoms with Crippen molar-refractivity contribution in [2.24, 2.45) is 0 Å². The molecule has 0 saturated heterocycles. The lowest BCUT2D eigenvalue weighted by molar-refractivity contribution is -0.137. The molecule has 5 nitrogen and oxygen atoms in total. The molecule has 0 aliphatic rings. The molecular weight excluding hydrogens is 244 g/mol. The number of para-hydroxylation sites is 1.